The fraction of sp³-hybridized carbons (Fsp3) is 0.111. The molecular formula is C18H17N5O. The molecule has 0 radical (unpaired) electrons. The van der Waals surface area contributed by atoms with E-state index in [0.717, 1.165) is 16.5 Å². The summed E-state index contributed by atoms with van der Waals surface area (Å²) in [6.07, 6.45) is 3.38. The van der Waals surface area contributed by atoms with Crippen LogP contribution in [0.15, 0.2) is 57.1 Å². The third kappa shape index (κ3) is 3.08. The quantitative estimate of drug-likeness (QED) is 0.589. The summed E-state index contributed by atoms with van der Waals surface area (Å²) >= 11 is 0. The smallest absolute Gasteiger partial charge is 0.247 e. The van der Waals surface area contributed by atoms with E-state index in [9.17, 15) is 0 Å². The number of aromatic nitrogens is 2. The summed E-state index contributed by atoms with van der Waals surface area (Å²) in [6.45, 7) is 7.19. The predicted molar refractivity (Wildman–Crippen MR) is 96.6 cm³/mol. The number of amidine groups is 1. The van der Waals surface area contributed by atoms with Crippen LogP contribution in [-0.2, 0) is 0 Å². The van der Waals surface area contributed by atoms with E-state index in [4.69, 9.17) is 10.2 Å². The maximum atomic E-state index is 5.77. The van der Waals surface area contributed by atoms with Gasteiger partial charge in [-0.05, 0) is 38.8 Å². The van der Waals surface area contributed by atoms with Crippen LogP contribution in [0.2, 0.25) is 0 Å². The highest BCUT2D eigenvalue weighted by Gasteiger charge is 2.16. The molecule has 0 atom stereocenters. The van der Waals surface area contributed by atoms with Gasteiger partial charge in [-0.3, -0.25) is 9.98 Å². The number of hydrogen-bond donors (Lipinski definition) is 1. The second-order valence-corrected chi connectivity index (χ2v) is 5.30. The minimum absolute atomic E-state index is 0.353. The number of aliphatic imine (C=N–C) groups is 2. The lowest BCUT2D eigenvalue weighted by molar-refractivity contribution is 0.512. The minimum atomic E-state index is 0.353. The number of pyridine rings is 1. The van der Waals surface area contributed by atoms with Crippen molar-refractivity contribution in [3.8, 4) is 0 Å². The van der Waals surface area contributed by atoms with Crippen molar-refractivity contribution >= 4 is 34.9 Å². The highest BCUT2D eigenvalue weighted by atomic mass is 16.4. The summed E-state index contributed by atoms with van der Waals surface area (Å²) in [5, 5.41) is 0.993. The van der Waals surface area contributed by atoms with E-state index in [1.165, 1.54) is 0 Å². The van der Waals surface area contributed by atoms with Gasteiger partial charge in [-0.2, -0.15) is 0 Å². The Morgan fingerprint density at radius 3 is 2.71 bits per heavy atom. The monoisotopic (exact) mass is 319 g/mol. The molecule has 0 bridgehead atoms. The third-order valence-corrected chi connectivity index (χ3v) is 3.37. The number of nitrogens with two attached hydrogens (primary N) is 1. The van der Waals surface area contributed by atoms with Crippen LogP contribution in [0.3, 0.4) is 0 Å². The second kappa shape index (κ2) is 6.45. The van der Waals surface area contributed by atoms with Crippen molar-refractivity contribution < 1.29 is 4.42 Å². The molecule has 0 aliphatic rings. The van der Waals surface area contributed by atoms with Crippen molar-refractivity contribution in [1.29, 1.82) is 0 Å². The van der Waals surface area contributed by atoms with Crippen molar-refractivity contribution in [2.24, 2.45) is 15.7 Å². The molecule has 120 valence electrons. The minimum Gasteiger partial charge on any atom is -0.440 e. The normalized spacial score (nSPS) is 13.0. The molecular weight excluding hydrogens is 302 g/mol. The Kier molecular flexibility index (Phi) is 4.20. The lowest BCUT2D eigenvalue weighted by Crippen LogP contribution is -2.06. The van der Waals surface area contributed by atoms with Gasteiger partial charge < -0.3 is 10.2 Å². The summed E-state index contributed by atoms with van der Waals surface area (Å²) in [5.74, 6) is 1.41. The molecule has 24 heavy (non-hydrogen) atoms. The summed E-state index contributed by atoms with van der Waals surface area (Å²) in [4.78, 5) is 17.1. The van der Waals surface area contributed by atoms with Crippen molar-refractivity contribution in [3.05, 3.63) is 59.9 Å². The third-order valence-electron chi connectivity index (χ3n) is 3.37. The van der Waals surface area contributed by atoms with Gasteiger partial charge in [-0.1, -0.05) is 12.1 Å². The van der Waals surface area contributed by atoms with Crippen LogP contribution < -0.4 is 5.73 Å². The molecule has 0 amide bonds. The molecule has 6 nitrogen and oxygen atoms in total. The molecule has 0 saturated carbocycles. The Labute approximate surface area is 139 Å². The zero-order valence-corrected chi connectivity index (χ0v) is 13.5. The van der Waals surface area contributed by atoms with Crippen molar-refractivity contribution in [2.45, 2.75) is 13.8 Å². The molecule has 2 aromatic heterocycles. The van der Waals surface area contributed by atoms with E-state index < -0.39 is 0 Å². The molecule has 0 unspecified atom stereocenters. The maximum Gasteiger partial charge on any atom is 0.247 e. The highest BCUT2D eigenvalue weighted by Crippen LogP contribution is 2.29. The summed E-state index contributed by atoms with van der Waals surface area (Å²) in [7, 11) is 0. The average molecular weight is 319 g/mol. The maximum absolute atomic E-state index is 5.77. The van der Waals surface area contributed by atoms with E-state index in [-0.39, 0.29) is 0 Å². The van der Waals surface area contributed by atoms with E-state index in [0.29, 0.717) is 28.9 Å². The second-order valence-electron chi connectivity index (χ2n) is 5.30. The van der Waals surface area contributed by atoms with Gasteiger partial charge in [0.25, 0.3) is 0 Å². The zero-order chi connectivity index (χ0) is 17.1. The van der Waals surface area contributed by atoms with Gasteiger partial charge in [0, 0.05) is 17.1 Å². The van der Waals surface area contributed by atoms with Gasteiger partial charge >= 0.3 is 0 Å². The summed E-state index contributed by atoms with van der Waals surface area (Å²) in [5.41, 5.74) is 8.50. The Morgan fingerprint density at radius 1 is 1.21 bits per heavy atom. The lowest BCUT2D eigenvalue weighted by atomic mass is 10.1. The SMILES string of the molecule is C=N/C(=C(\N=C(/C)N)c1ncc(C)o1)c1ccc2ncccc2c1. The first kappa shape index (κ1) is 15.6. The Morgan fingerprint density at radius 2 is 2.04 bits per heavy atom. The van der Waals surface area contributed by atoms with Crippen LogP contribution in [0.5, 0.6) is 0 Å². The topological polar surface area (TPSA) is 89.7 Å². The number of oxazole rings is 1. The molecule has 2 heterocycles. The van der Waals surface area contributed by atoms with Crippen LogP contribution >= 0.6 is 0 Å². The van der Waals surface area contributed by atoms with Crippen molar-refractivity contribution in [1.82, 2.24) is 9.97 Å². The van der Waals surface area contributed by atoms with E-state index in [1.807, 2.05) is 37.3 Å². The fourth-order valence-corrected chi connectivity index (χ4v) is 2.37. The number of fused-ring (bicyclic) bond motifs is 1. The number of aryl methyl sites for hydroxylation is 1. The molecule has 0 spiro atoms. The molecule has 0 saturated heterocycles. The van der Waals surface area contributed by atoms with E-state index in [2.05, 4.69) is 26.7 Å². The molecule has 0 fully saturated rings. The highest BCUT2D eigenvalue weighted by molar-refractivity contribution is 5.96. The van der Waals surface area contributed by atoms with Gasteiger partial charge in [-0.25, -0.2) is 9.98 Å². The van der Waals surface area contributed by atoms with Gasteiger partial charge in [0.15, 0.2) is 5.70 Å². The van der Waals surface area contributed by atoms with Gasteiger partial charge in [0.1, 0.15) is 11.5 Å². The number of rotatable bonds is 4. The lowest BCUT2D eigenvalue weighted by Gasteiger charge is -2.07. The first-order valence-corrected chi connectivity index (χ1v) is 7.38. The summed E-state index contributed by atoms with van der Waals surface area (Å²) < 4.78 is 5.61. The largest absolute Gasteiger partial charge is 0.440 e. The zero-order valence-electron chi connectivity index (χ0n) is 13.5. The molecule has 6 heteroatoms. The first-order chi connectivity index (χ1) is 11.6. The number of hydrogen-bond acceptors (Lipinski definition) is 5. The average Bonchev–Trinajstić information content (AvgIpc) is 3.00. The summed E-state index contributed by atoms with van der Waals surface area (Å²) in [6, 6.07) is 9.68. The van der Waals surface area contributed by atoms with Crippen LogP contribution in [0, 0.1) is 6.92 Å². The molecule has 3 aromatic rings. The Hall–Kier alpha value is -3.28. The first-order valence-electron chi connectivity index (χ1n) is 7.38. The molecule has 1 aromatic carbocycles. The molecule has 2 N–H and O–H groups in total. The van der Waals surface area contributed by atoms with Crippen LogP contribution in [0.1, 0.15) is 24.1 Å². The van der Waals surface area contributed by atoms with Gasteiger partial charge in [0.05, 0.1) is 17.5 Å². The Bertz CT molecular complexity index is 964. The fourth-order valence-electron chi connectivity index (χ4n) is 2.37. The predicted octanol–water partition coefficient (Wildman–Crippen LogP) is 3.43. The number of nitrogens with zero attached hydrogens (tertiary/aromatic N) is 4. The number of benzene rings is 1. The van der Waals surface area contributed by atoms with Gasteiger partial charge in [-0.15, -0.1) is 0 Å². The van der Waals surface area contributed by atoms with E-state index in [1.54, 1.807) is 19.3 Å². The molecule has 3 rings (SSSR count). The van der Waals surface area contributed by atoms with Crippen molar-refractivity contribution in [3.63, 3.8) is 0 Å². The van der Waals surface area contributed by atoms with E-state index >= 15 is 0 Å². The van der Waals surface area contributed by atoms with Crippen LogP contribution in [-0.4, -0.2) is 22.5 Å². The van der Waals surface area contributed by atoms with Crippen LogP contribution in [0.25, 0.3) is 22.3 Å². The van der Waals surface area contributed by atoms with Crippen LogP contribution in [0.4, 0.5) is 0 Å². The van der Waals surface area contributed by atoms with Crippen molar-refractivity contribution in [2.75, 3.05) is 0 Å². The van der Waals surface area contributed by atoms with Gasteiger partial charge in [0.2, 0.25) is 5.89 Å². The molecule has 0 aliphatic heterocycles. The standard InChI is InChI=1S/C18H17N5O/c1-11-10-22-18(24-11)17(23-12(2)19)16(20-3)14-6-7-15-13(9-14)5-4-8-21-15/h4-10H,3H2,1-2H3,(H2,19,23)/b17-16-. The molecule has 0 aliphatic carbocycles. The Balaban J connectivity index is 2.25.